The minimum atomic E-state index is 0.253. The summed E-state index contributed by atoms with van der Waals surface area (Å²) >= 11 is 0. The molecule has 0 saturated heterocycles. The second-order valence-corrected chi connectivity index (χ2v) is 6.50. The van der Waals surface area contributed by atoms with Gasteiger partial charge >= 0.3 is 0 Å². The molecule has 108 valence electrons. The zero-order valence-electron chi connectivity index (χ0n) is 13.3. The highest BCUT2D eigenvalue weighted by Gasteiger charge is 2.14. The lowest BCUT2D eigenvalue weighted by Crippen LogP contribution is -2.29. The maximum atomic E-state index is 5.74. The first-order valence-corrected chi connectivity index (χ1v) is 7.33. The quantitative estimate of drug-likeness (QED) is 0.741. The van der Waals surface area contributed by atoms with Gasteiger partial charge in [-0.1, -0.05) is 31.5 Å². The Balaban J connectivity index is 2.38. The molecule has 0 saturated carbocycles. The summed E-state index contributed by atoms with van der Waals surface area (Å²) in [5.41, 5.74) is 11.7. The Morgan fingerprint density at radius 3 is 2.16 bits per heavy atom. The minimum Gasteiger partial charge on any atom is -0.330 e. The van der Waals surface area contributed by atoms with Crippen LogP contribution in [0.25, 0.3) is 0 Å². The molecule has 19 heavy (non-hydrogen) atoms. The summed E-state index contributed by atoms with van der Waals surface area (Å²) in [6.07, 6.45) is 2.25. The highest BCUT2D eigenvalue weighted by Crippen LogP contribution is 2.18. The van der Waals surface area contributed by atoms with Crippen molar-refractivity contribution in [3.8, 4) is 0 Å². The van der Waals surface area contributed by atoms with Crippen molar-refractivity contribution in [1.29, 1.82) is 0 Å². The van der Waals surface area contributed by atoms with E-state index in [0.29, 0.717) is 0 Å². The van der Waals surface area contributed by atoms with Crippen LogP contribution >= 0.6 is 0 Å². The van der Waals surface area contributed by atoms with Crippen molar-refractivity contribution in [2.24, 2.45) is 11.1 Å². The summed E-state index contributed by atoms with van der Waals surface area (Å²) in [6.45, 7) is 13.9. The summed E-state index contributed by atoms with van der Waals surface area (Å²) in [5, 5.41) is 3.54. The van der Waals surface area contributed by atoms with Crippen molar-refractivity contribution < 1.29 is 0 Å². The maximum absolute atomic E-state index is 5.74. The highest BCUT2D eigenvalue weighted by molar-refractivity contribution is 5.37. The van der Waals surface area contributed by atoms with Crippen LogP contribution in [0.15, 0.2) is 12.1 Å². The number of benzene rings is 1. The van der Waals surface area contributed by atoms with Gasteiger partial charge in [-0.25, -0.2) is 0 Å². The summed E-state index contributed by atoms with van der Waals surface area (Å²) in [4.78, 5) is 0. The molecular weight excluding hydrogens is 232 g/mol. The van der Waals surface area contributed by atoms with E-state index in [4.69, 9.17) is 5.73 Å². The predicted molar refractivity (Wildman–Crippen MR) is 84.7 cm³/mol. The molecule has 2 nitrogen and oxygen atoms in total. The summed E-state index contributed by atoms with van der Waals surface area (Å²) in [6, 6.07) is 4.56. The summed E-state index contributed by atoms with van der Waals surface area (Å²) in [7, 11) is 0. The van der Waals surface area contributed by atoms with Crippen LogP contribution in [0.1, 0.15) is 42.5 Å². The summed E-state index contributed by atoms with van der Waals surface area (Å²) < 4.78 is 0. The highest BCUT2D eigenvalue weighted by atomic mass is 14.8. The fourth-order valence-electron chi connectivity index (χ4n) is 2.47. The smallest absolute Gasteiger partial charge is 0.000815 e. The third-order valence-corrected chi connectivity index (χ3v) is 3.92. The molecule has 0 aliphatic heterocycles. The minimum absolute atomic E-state index is 0.253. The molecule has 0 bridgehead atoms. The van der Waals surface area contributed by atoms with Crippen molar-refractivity contribution in [1.82, 2.24) is 5.32 Å². The molecule has 1 rings (SSSR count). The van der Waals surface area contributed by atoms with Gasteiger partial charge in [0.15, 0.2) is 0 Å². The molecule has 0 spiro atoms. The molecule has 2 heteroatoms. The molecule has 0 amide bonds. The van der Waals surface area contributed by atoms with Crippen molar-refractivity contribution in [2.45, 2.75) is 47.5 Å². The van der Waals surface area contributed by atoms with Gasteiger partial charge in [-0.2, -0.15) is 0 Å². The van der Waals surface area contributed by atoms with E-state index in [0.717, 1.165) is 32.5 Å². The molecule has 0 atom stereocenters. The largest absolute Gasteiger partial charge is 0.330 e. The zero-order valence-corrected chi connectivity index (χ0v) is 13.3. The third kappa shape index (κ3) is 5.33. The Morgan fingerprint density at radius 1 is 1.05 bits per heavy atom. The second-order valence-electron chi connectivity index (χ2n) is 6.50. The Kier molecular flexibility index (Phi) is 6.02. The molecule has 0 heterocycles. The molecule has 0 aromatic heterocycles. The molecule has 0 fully saturated rings. The first kappa shape index (κ1) is 16.2. The monoisotopic (exact) mass is 262 g/mol. The average Bonchev–Trinajstić information content (AvgIpc) is 2.31. The Bertz CT molecular complexity index is 385. The average molecular weight is 262 g/mol. The van der Waals surface area contributed by atoms with E-state index in [-0.39, 0.29) is 5.41 Å². The first-order valence-electron chi connectivity index (χ1n) is 7.33. The van der Waals surface area contributed by atoms with E-state index in [1.807, 2.05) is 0 Å². The molecule has 0 aliphatic carbocycles. The normalized spacial score (nSPS) is 11.9. The van der Waals surface area contributed by atoms with Crippen LogP contribution in [0, 0.1) is 26.2 Å². The van der Waals surface area contributed by atoms with Gasteiger partial charge in [-0.3, -0.25) is 0 Å². The fraction of sp³-hybridized carbons (Fsp3) is 0.647. The van der Waals surface area contributed by atoms with Crippen LogP contribution in [-0.4, -0.2) is 19.6 Å². The molecule has 0 aliphatic rings. The second kappa shape index (κ2) is 7.06. The van der Waals surface area contributed by atoms with Crippen molar-refractivity contribution in [2.75, 3.05) is 19.6 Å². The van der Waals surface area contributed by atoms with Gasteiger partial charge in [0.2, 0.25) is 0 Å². The SMILES string of the molecule is Cc1cc(C)c(CCNCCC(C)(C)CN)c(C)c1. The van der Waals surface area contributed by atoms with E-state index in [2.05, 4.69) is 52.1 Å². The van der Waals surface area contributed by atoms with Gasteiger partial charge in [0.25, 0.3) is 0 Å². The van der Waals surface area contributed by atoms with Gasteiger partial charge in [0.05, 0.1) is 0 Å². The first-order chi connectivity index (χ1) is 8.85. The van der Waals surface area contributed by atoms with Crippen LogP contribution in [0.2, 0.25) is 0 Å². The van der Waals surface area contributed by atoms with Gasteiger partial charge < -0.3 is 11.1 Å². The lowest BCUT2D eigenvalue weighted by Gasteiger charge is -2.22. The van der Waals surface area contributed by atoms with Gasteiger partial charge in [0.1, 0.15) is 0 Å². The van der Waals surface area contributed by atoms with Crippen molar-refractivity contribution in [3.05, 3.63) is 34.4 Å². The van der Waals surface area contributed by atoms with Gasteiger partial charge in [-0.15, -0.1) is 0 Å². The zero-order chi connectivity index (χ0) is 14.5. The number of hydrogen-bond donors (Lipinski definition) is 2. The van der Waals surface area contributed by atoms with Gasteiger partial charge in [0, 0.05) is 0 Å². The van der Waals surface area contributed by atoms with E-state index >= 15 is 0 Å². The number of rotatable bonds is 7. The van der Waals surface area contributed by atoms with E-state index in [1.54, 1.807) is 0 Å². The molecule has 3 N–H and O–H groups in total. The van der Waals surface area contributed by atoms with Gasteiger partial charge in [-0.05, 0) is 75.4 Å². The van der Waals surface area contributed by atoms with Crippen LogP contribution < -0.4 is 11.1 Å². The number of hydrogen-bond acceptors (Lipinski definition) is 2. The van der Waals surface area contributed by atoms with Crippen LogP contribution in [0.3, 0.4) is 0 Å². The van der Waals surface area contributed by atoms with Crippen LogP contribution in [-0.2, 0) is 6.42 Å². The Hall–Kier alpha value is -0.860. The molecule has 0 unspecified atom stereocenters. The topological polar surface area (TPSA) is 38.0 Å². The molecule has 1 aromatic rings. The van der Waals surface area contributed by atoms with E-state index < -0.39 is 0 Å². The predicted octanol–water partition coefficient (Wildman–Crippen LogP) is 3.12. The lowest BCUT2D eigenvalue weighted by molar-refractivity contribution is 0.340. The van der Waals surface area contributed by atoms with E-state index in [1.165, 1.54) is 22.3 Å². The number of nitrogens with two attached hydrogens (primary N) is 1. The fourth-order valence-corrected chi connectivity index (χ4v) is 2.47. The summed E-state index contributed by atoms with van der Waals surface area (Å²) in [5.74, 6) is 0. The standard InChI is InChI=1S/C17H30N2/c1-13-10-14(2)16(15(3)11-13)6-8-19-9-7-17(4,5)12-18/h10-11,19H,6-9,12,18H2,1-5H3. The Labute approximate surface area is 118 Å². The molecule has 0 radical (unpaired) electrons. The number of aryl methyl sites for hydroxylation is 3. The lowest BCUT2D eigenvalue weighted by atomic mass is 9.90. The third-order valence-electron chi connectivity index (χ3n) is 3.92. The maximum Gasteiger partial charge on any atom is -0.000815 e. The molecular formula is C17H30N2. The van der Waals surface area contributed by atoms with Crippen LogP contribution in [0.4, 0.5) is 0 Å². The Morgan fingerprint density at radius 2 is 1.63 bits per heavy atom. The van der Waals surface area contributed by atoms with Crippen molar-refractivity contribution >= 4 is 0 Å². The number of nitrogens with one attached hydrogen (secondary N) is 1. The van der Waals surface area contributed by atoms with E-state index in [9.17, 15) is 0 Å². The molecule has 1 aromatic carbocycles. The van der Waals surface area contributed by atoms with Crippen LogP contribution in [0.5, 0.6) is 0 Å². The van der Waals surface area contributed by atoms with Crippen molar-refractivity contribution in [3.63, 3.8) is 0 Å².